The van der Waals surface area contributed by atoms with Gasteiger partial charge in [0.2, 0.25) is 0 Å². The second-order valence-electron chi connectivity index (χ2n) is 3.95. The average molecular weight is 290 g/mol. The summed E-state index contributed by atoms with van der Waals surface area (Å²) in [5.41, 5.74) is 0.376. The van der Waals surface area contributed by atoms with Gasteiger partial charge in [-0.3, -0.25) is 10.1 Å². The molecule has 2 N–H and O–H groups in total. The molecule has 7 nitrogen and oxygen atoms in total. The number of hydrogen-bond acceptors (Lipinski definition) is 5. The van der Waals surface area contributed by atoms with Gasteiger partial charge in [0.1, 0.15) is 11.5 Å². The Hall–Kier alpha value is -2.96. The highest BCUT2D eigenvalue weighted by atomic mass is 16.5. The van der Waals surface area contributed by atoms with Crippen molar-refractivity contribution in [3.63, 3.8) is 0 Å². The van der Waals surface area contributed by atoms with E-state index in [0.29, 0.717) is 17.2 Å². The van der Waals surface area contributed by atoms with E-state index in [1.165, 1.54) is 26.5 Å². The van der Waals surface area contributed by atoms with Crippen LogP contribution in [0.1, 0.15) is 10.6 Å². The van der Waals surface area contributed by atoms with Crippen molar-refractivity contribution in [2.24, 2.45) is 0 Å². The number of carbonyl (C=O) groups is 2. The summed E-state index contributed by atoms with van der Waals surface area (Å²) >= 11 is 0. The Morgan fingerprint density at radius 1 is 1.14 bits per heavy atom. The zero-order chi connectivity index (χ0) is 15.2. The van der Waals surface area contributed by atoms with Crippen LogP contribution in [0.15, 0.2) is 41.0 Å². The van der Waals surface area contributed by atoms with Crippen LogP contribution in [0.4, 0.5) is 10.5 Å². The number of nitrogens with one attached hydrogen (secondary N) is 2. The van der Waals surface area contributed by atoms with Crippen LogP contribution < -0.4 is 20.1 Å². The molecule has 0 aliphatic rings. The van der Waals surface area contributed by atoms with Crippen LogP contribution in [0.5, 0.6) is 11.5 Å². The summed E-state index contributed by atoms with van der Waals surface area (Å²) in [5.74, 6) is 0.391. The standard InChI is InChI=1S/C14H14N2O5/c1-19-9-5-6-11(20-2)10(8-9)15-14(18)16-13(17)12-4-3-7-21-12/h3-8H,1-2H3,(H2,15,16,17,18). The Morgan fingerprint density at radius 2 is 1.95 bits per heavy atom. The van der Waals surface area contributed by atoms with Crippen molar-refractivity contribution in [2.75, 3.05) is 19.5 Å². The summed E-state index contributed by atoms with van der Waals surface area (Å²) < 4.78 is 15.1. The Kier molecular flexibility index (Phi) is 4.45. The summed E-state index contributed by atoms with van der Waals surface area (Å²) in [6.45, 7) is 0. The van der Waals surface area contributed by atoms with Crippen LogP contribution in [0, 0.1) is 0 Å². The molecule has 2 aromatic rings. The minimum atomic E-state index is -0.706. The summed E-state index contributed by atoms with van der Waals surface area (Å²) in [7, 11) is 2.98. The highest BCUT2D eigenvalue weighted by Gasteiger charge is 2.14. The molecular formula is C14H14N2O5. The van der Waals surface area contributed by atoms with Gasteiger partial charge >= 0.3 is 6.03 Å². The highest BCUT2D eigenvalue weighted by Crippen LogP contribution is 2.28. The first kappa shape index (κ1) is 14.4. The number of methoxy groups -OCH3 is 2. The van der Waals surface area contributed by atoms with Gasteiger partial charge in [0.25, 0.3) is 5.91 Å². The summed E-state index contributed by atoms with van der Waals surface area (Å²) in [5, 5.41) is 4.65. The number of imide groups is 1. The fourth-order valence-electron chi connectivity index (χ4n) is 1.64. The average Bonchev–Trinajstić information content (AvgIpc) is 3.01. The van der Waals surface area contributed by atoms with Crippen molar-refractivity contribution >= 4 is 17.6 Å². The Morgan fingerprint density at radius 3 is 2.57 bits per heavy atom. The number of hydrogen-bond donors (Lipinski definition) is 2. The Labute approximate surface area is 120 Å². The zero-order valence-electron chi connectivity index (χ0n) is 11.5. The second-order valence-corrected chi connectivity index (χ2v) is 3.95. The lowest BCUT2D eigenvalue weighted by atomic mass is 10.2. The molecule has 0 radical (unpaired) electrons. The van der Waals surface area contributed by atoms with Crippen molar-refractivity contribution < 1.29 is 23.5 Å². The molecule has 0 bridgehead atoms. The minimum Gasteiger partial charge on any atom is -0.497 e. The summed E-state index contributed by atoms with van der Waals surface area (Å²) in [4.78, 5) is 23.5. The van der Waals surface area contributed by atoms with E-state index in [-0.39, 0.29) is 5.76 Å². The van der Waals surface area contributed by atoms with Gasteiger partial charge < -0.3 is 19.2 Å². The molecular weight excluding hydrogens is 276 g/mol. The van der Waals surface area contributed by atoms with E-state index in [4.69, 9.17) is 13.9 Å². The van der Waals surface area contributed by atoms with Crippen molar-refractivity contribution in [3.8, 4) is 11.5 Å². The van der Waals surface area contributed by atoms with E-state index >= 15 is 0 Å². The number of furan rings is 1. The van der Waals surface area contributed by atoms with E-state index < -0.39 is 11.9 Å². The number of urea groups is 1. The maximum Gasteiger partial charge on any atom is 0.326 e. The lowest BCUT2D eigenvalue weighted by molar-refractivity contribution is 0.0940. The molecule has 1 aromatic carbocycles. The smallest absolute Gasteiger partial charge is 0.326 e. The molecule has 0 fully saturated rings. The van der Waals surface area contributed by atoms with Gasteiger partial charge in [0.05, 0.1) is 26.2 Å². The molecule has 0 saturated heterocycles. The molecule has 0 aliphatic heterocycles. The third kappa shape index (κ3) is 3.53. The number of amides is 3. The van der Waals surface area contributed by atoms with Crippen LogP contribution >= 0.6 is 0 Å². The third-order valence-corrected chi connectivity index (χ3v) is 2.63. The van der Waals surface area contributed by atoms with Crippen LogP contribution in [-0.2, 0) is 0 Å². The van der Waals surface area contributed by atoms with Crippen molar-refractivity contribution in [1.29, 1.82) is 0 Å². The minimum absolute atomic E-state index is 0.0442. The zero-order valence-corrected chi connectivity index (χ0v) is 11.5. The predicted molar refractivity (Wildman–Crippen MR) is 74.7 cm³/mol. The molecule has 1 heterocycles. The summed E-state index contributed by atoms with van der Waals surface area (Å²) in [6, 6.07) is 7.21. The van der Waals surface area contributed by atoms with E-state index in [1.54, 1.807) is 24.3 Å². The molecule has 1 aromatic heterocycles. The molecule has 0 saturated carbocycles. The normalized spacial score (nSPS) is 9.81. The van der Waals surface area contributed by atoms with Gasteiger partial charge in [-0.1, -0.05) is 0 Å². The van der Waals surface area contributed by atoms with Crippen LogP contribution in [-0.4, -0.2) is 26.2 Å². The number of carbonyl (C=O) groups excluding carboxylic acids is 2. The predicted octanol–water partition coefficient (Wildman–Crippen LogP) is 2.26. The molecule has 0 aliphatic carbocycles. The third-order valence-electron chi connectivity index (χ3n) is 2.63. The first-order valence-corrected chi connectivity index (χ1v) is 6.02. The van der Waals surface area contributed by atoms with Crippen molar-refractivity contribution in [2.45, 2.75) is 0 Å². The van der Waals surface area contributed by atoms with Gasteiger partial charge in [0, 0.05) is 6.07 Å². The second kappa shape index (κ2) is 6.47. The van der Waals surface area contributed by atoms with Crippen molar-refractivity contribution in [1.82, 2.24) is 5.32 Å². The van der Waals surface area contributed by atoms with Crippen LogP contribution in [0.3, 0.4) is 0 Å². The number of rotatable bonds is 4. The SMILES string of the molecule is COc1ccc(OC)c(NC(=O)NC(=O)c2ccco2)c1. The molecule has 7 heteroatoms. The molecule has 0 atom stereocenters. The van der Waals surface area contributed by atoms with E-state index in [9.17, 15) is 9.59 Å². The van der Waals surface area contributed by atoms with Crippen LogP contribution in [0.2, 0.25) is 0 Å². The van der Waals surface area contributed by atoms with Crippen LogP contribution in [0.25, 0.3) is 0 Å². The van der Waals surface area contributed by atoms with Gasteiger partial charge in [-0.2, -0.15) is 0 Å². The van der Waals surface area contributed by atoms with E-state index in [2.05, 4.69) is 10.6 Å². The number of anilines is 1. The fourth-order valence-corrected chi connectivity index (χ4v) is 1.64. The fraction of sp³-hybridized carbons (Fsp3) is 0.143. The largest absolute Gasteiger partial charge is 0.497 e. The van der Waals surface area contributed by atoms with Gasteiger partial charge in [-0.05, 0) is 24.3 Å². The molecule has 110 valence electrons. The molecule has 0 spiro atoms. The number of ether oxygens (including phenoxy) is 2. The maximum absolute atomic E-state index is 11.8. The molecule has 3 amide bonds. The molecule has 0 unspecified atom stereocenters. The Bertz CT molecular complexity index is 637. The summed E-state index contributed by atoms with van der Waals surface area (Å²) in [6.07, 6.45) is 1.35. The quantitative estimate of drug-likeness (QED) is 0.901. The van der Waals surface area contributed by atoms with E-state index in [1.807, 2.05) is 0 Å². The van der Waals surface area contributed by atoms with Gasteiger partial charge in [-0.25, -0.2) is 4.79 Å². The molecule has 21 heavy (non-hydrogen) atoms. The van der Waals surface area contributed by atoms with Crippen molar-refractivity contribution in [3.05, 3.63) is 42.4 Å². The topological polar surface area (TPSA) is 89.8 Å². The van der Waals surface area contributed by atoms with Gasteiger partial charge in [-0.15, -0.1) is 0 Å². The first-order chi connectivity index (χ1) is 10.1. The monoisotopic (exact) mass is 290 g/mol. The van der Waals surface area contributed by atoms with Gasteiger partial charge in [0.15, 0.2) is 5.76 Å². The lowest BCUT2D eigenvalue weighted by Gasteiger charge is -2.11. The molecule has 2 rings (SSSR count). The first-order valence-electron chi connectivity index (χ1n) is 6.02. The van der Waals surface area contributed by atoms with E-state index in [0.717, 1.165) is 0 Å². The lowest BCUT2D eigenvalue weighted by Crippen LogP contribution is -2.34. The Balaban J connectivity index is 2.07. The number of benzene rings is 1. The highest BCUT2D eigenvalue weighted by molar-refractivity contribution is 6.07. The maximum atomic E-state index is 11.8.